The molecule has 1 N–H and O–H groups in total. The molecule has 0 aliphatic rings. The molecule has 0 radical (unpaired) electrons. The number of carboxylic acids is 1. The third-order valence-electron chi connectivity index (χ3n) is 2.53. The summed E-state index contributed by atoms with van der Waals surface area (Å²) < 4.78 is 38.5. The SMILES string of the molecule is O=C(O)c1nn(-c2ccc(C(F)(F)F)cc2Cl)ccc1=O. The van der Waals surface area contributed by atoms with Gasteiger partial charge in [-0.25, -0.2) is 9.48 Å². The molecule has 0 atom stereocenters. The Morgan fingerprint density at radius 1 is 1.29 bits per heavy atom. The number of carbonyl (C=O) groups is 1. The number of alkyl halides is 3. The number of nitrogens with zero attached hydrogens (tertiary/aromatic N) is 2. The van der Waals surface area contributed by atoms with E-state index in [1.165, 1.54) is 0 Å². The molecule has 0 saturated heterocycles. The van der Waals surface area contributed by atoms with Crippen LogP contribution in [-0.2, 0) is 6.18 Å². The summed E-state index contributed by atoms with van der Waals surface area (Å²) in [4.78, 5) is 22.1. The largest absolute Gasteiger partial charge is 0.476 e. The van der Waals surface area contributed by atoms with Crippen LogP contribution >= 0.6 is 11.6 Å². The lowest BCUT2D eigenvalue weighted by molar-refractivity contribution is -0.137. The predicted molar refractivity (Wildman–Crippen MR) is 66.8 cm³/mol. The van der Waals surface area contributed by atoms with Gasteiger partial charge in [-0.05, 0) is 18.2 Å². The number of aromatic nitrogens is 2. The number of halogens is 4. The summed E-state index contributed by atoms with van der Waals surface area (Å²) in [5.74, 6) is -1.54. The first-order chi connectivity index (χ1) is 9.70. The maximum absolute atomic E-state index is 12.5. The van der Waals surface area contributed by atoms with Gasteiger partial charge in [-0.15, -0.1) is 0 Å². The number of hydrogen-bond donors (Lipinski definition) is 1. The predicted octanol–water partition coefficient (Wildman–Crippen LogP) is 2.60. The molecule has 2 aromatic rings. The summed E-state index contributed by atoms with van der Waals surface area (Å²) in [6.45, 7) is 0. The van der Waals surface area contributed by atoms with Crippen molar-refractivity contribution in [3.05, 3.63) is 57.0 Å². The lowest BCUT2D eigenvalue weighted by Gasteiger charge is -2.11. The van der Waals surface area contributed by atoms with Crippen molar-refractivity contribution in [1.29, 1.82) is 0 Å². The second-order valence-corrected chi connectivity index (χ2v) is 4.35. The minimum absolute atomic E-state index is 0.0205. The number of benzene rings is 1. The Kier molecular flexibility index (Phi) is 3.73. The molecule has 0 saturated carbocycles. The summed E-state index contributed by atoms with van der Waals surface area (Å²) in [5.41, 5.74) is -2.50. The molecule has 9 heteroatoms. The number of hydrogen-bond acceptors (Lipinski definition) is 3. The molecule has 0 fully saturated rings. The summed E-state index contributed by atoms with van der Waals surface area (Å²) in [7, 11) is 0. The maximum atomic E-state index is 12.5. The summed E-state index contributed by atoms with van der Waals surface area (Å²) in [6, 6.07) is 3.44. The van der Waals surface area contributed by atoms with Crippen molar-refractivity contribution in [2.75, 3.05) is 0 Å². The van der Waals surface area contributed by atoms with Gasteiger partial charge in [-0.1, -0.05) is 11.6 Å². The first kappa shape index (κ1) is 15.0. The van der Waals surface area contributed by atoms with Crippen LogP contribution in [0.3, 0.4) is 0 Å². The van der Waals surface area contributed by atoms with Crippen molar-refractivity contribution in [3.63, 3.8) is 0 Å². The van der Waals surface area contributed by atoms with E-state index >= 15 is 0 Å². The second-order valence-electron chi connectivity index (χ2n) is 3.94. The average molecular weight is 319 g/mol. The Bertz CT molecular complexity index is 771. The van der Waals surface area contributed by atoms with Crippen LogP contribution in [0.4, 0.5) is 13.2 Å². The van der Waals surface area contributed by atoms with Gasteiger partial charge in [0.05, 0.1) is 16.3 Å². The second kappa shape index (κ2) is 5.21. The van der Waals surface area contributed by atoms with Gasteiger partial charge >= 0.3 is 12.1 Å². The minimum atomic E-state index is -4.55. The van der Waals surface area contributed by atoms with Gasteiger partial charge in [0, 0.05) is 12.3 Å². The zero-order chi connectivity index (χ0) is 15.8. The number of rotatable bonds is 2. The van der Waals surface area contributed by atoms with E-state index in [9.17, 15) is 22.8 Å². The van der Waals surface area contributed by atoms with E-state index in [4.69, 9.17) is 16.7 Å². The molecule has 110 valence electrons. The van der Waals surface area contributed by atoms with E-state index in [0.29, 0.717) is 6.07 Å². The van der Waals surface area contributed by atoms with Gasteiger partial charge < -0.3 is 5.11 Å². The van der Waals surface area contributed by atoms with Crippen LogP contribution in [0.1, 0.15) is 16.1 Å². The van der Waals surface area contributed by atoms with Crippen molar-refractivity contribution in [2.24, 2.45) is 0 Å². The number of carboxylic acid groups (broad SMARTS) is 1. The molecule has 0 aliphatic heterocycles. The van der Waals surface area contributed by atoms with Gasteiger partial charge in [-0.3, -0.25) is 4.79 Å². The molecule has 0 spiro atoms. The van der Waals surface area contributed by atoms with Gasteiger partial charge in [0.2, 0.25) is 11.1 Å². The third kappa shape index (κ3) is 3.05. The van der Waals surface area contributed by atoms with E-state index in [2.05, 4.69) is 5.10 Å². The Balaban J connectivity index is 2.55. The highest BCUT2D eigenvalue weighted by atomic mass is 35.5. The molecule has 2 rings (SSSR count). The average Bonchev–Trinajstić information content (AvgIpc) is 2.38. The van der Waals surface area contributed by atoms with Crippen molar-refractivity contribution >= 4 is 17.6 Å². The van der Waals surface area contributed by atoms with E-state index in [0.717, 1.165) is 29.1 Å². The quantitative estimate of drug-likeness (QED) is 0.924. The molecule has 1 aromatic carbocycles. The van der Waals surface area contributed by atoms with Crippen LogP contribution in [0, 0.1) is 0 Å². The van der Waals surface area contributed by atoms with E-state index in [1.807, 2.05) is 0 Å². The molecule has 5 nitrogen and oxygen atoms in total. The van der Waals surface area contributed by atoms with Crippen molar-refractivity contribution < 1.29 is 23.1 Å². The molecule has 0 amide bonds. The molecule has 21 heavy (non-hydrogen) atoms. The van der Waals surface area contributed by atoms with Gasteiger partial charge in [0.15, 0.2) is 0 Å². The molecule has 0 aliphatic carbocycles. The van der Waals surface area contributed by atoms with Crippen molar-refractivity contribution in [2.45, 2.75) is 6.18 Å². The fourth-order valence-corrected chi connectivity index (χ4v) is 1.83. The standard InChI is InChI=1S/C12H6ClF3N2O3/c13-7-5-6(12(14,15)16)1-2-8(7)18-4-3-9(19)10(17-18)11(20)21/h1-5H,(H,20,21). The fraction of sp³-hybridized carbons (Fsp3) is 0.0833. The van der Waals surface area contributed by atoms with Crippen LogP contribution in [0.25, 0.3) is 5.69 Å². The monoisotopic (exact) mass is 318 g/mol. The zero-order valence-electron chi connectivity index (χ0n) is 10.1. The van der Waals surface area contributed by atoms with E-state index in [-0.39, 0.29) is 10.7 Å². The molecular formula is C12H6ClF3N2O3. The topological polar surface area (TPSA) is 72.2 Å². The Morgan fingerprint density at radius 2 is 1.95 bits per heavy atom. The smallest absolute Gasteiger partial charge is 0.416 e. The van der Waals surface area contributed by atoms with Crippen molar-refractivity contribution in [3.8, 4) is 5.69 Å². The lowest BCUT2D eigenvalue weighted by atomic mass is 10.2. The molecular weight excluding hydrogens is 313 g/mol. The normalized spacial score (nSPS) is 11.4. The Labute approximate surface area is 120 Å². The van der Waals surface area contributed by atoms with Crippen molar-refractivity contribution in [1.82, 2.24) is 9.78 Å². The highest BCUT2D eigenvalue weighted by Gasteiger charge is 2.31. The van der Waals surface area contributed by atoms with Crippen LogP contribution < -0.4 is 5.43 Å². The zero-order valence-corrected chi connectivity index (χ0v) is 10.8. The summed E-state index contributed by atoms with van der Waals surface area (Å²) >= 11 is 5.76. The van der Waals surface area contributed by atoms with Crippen LogP contribution in [0.15, 0.2) is 35.3 Å². The van der Waals surface area contributed by atoms with E-state index < -0.39 is 28.8 Å². The van der Waals surface area contributed by atoms with Crippen LogP contribution in [-0.4, -0.2) is 20.9 Å². The summed E-state index contributed by atoms with van der Waals surface area (Å²) in [5, 5.41) is 12.1. The van der Waals surface area contributed by atoms with Gasteiger partial charge in [-0.2, -0.15) is 18.3 Å². The molecule has 0 bridgehead atoms. The minimum Gasteiger partial charge on any atom is -0.476 e. The first-order valence-electron chi connectivity index (χ1n) is 5.40. The molecule has 0 unspecified atom stereocenters. The van der Waals surface area contributed by atoms with Crippen LogP contribution in [0.5, 0.6) is 0 Å². The number of aromatic carboxylic acids is 1. The van der Waals surface area contributed by atoms with Gasteiger partial charge in [0.25, 0.3) is 0 Å². The Morgan fingerprint density at radius 3 is 2.48 bits per heavy atom. The fourth-order valence-electron chi connectivity index (χ4n) is 1.56. The maximum Gasteiger partial charge on any atom is 0.416 e. The lowest BCUT2D eigenvalue weighted by Crippen LogP contribution is -2.20. The van der Waals surface area contributed by atoms with Crippen LogP contribution in [0.2, 0.25) is 5.02 Å². The third-order valence-corrected chi connectivity index (χ3v) is 2.84. The summed E-state index contributed by atoms with van der Waals surface area (Å²) in [6.07, 6.45) is -3.44. The van der Waals surface area contributed by atoms with E-state index in [1.54, 1.807) is 0 Å². The molecule has 1 heterocycles. The first-order valence-corrected chi connectivity index (χ1v) is 5.78. The highest BCUT2D eigenvalue weighted by molar-refractivity contribution is 6.32. The van der Waals surface area contributed by atoms with Gasteiger partial charge in [0.1, 0.15) is 0 Å². The molecule has 1 aromatic heterocycles. The highest BCUT2D eigenvalue weighted by Crippen LogP contribution is 2.32. The Hall–Kier alpha value is -2.35.